The van der Waals surface area contributed by atoms with Crippen LogP contribution in [0.15, 0.2) is 48.8 Å². The standard InChI is InChI=1S/C41H43F3N6O6/c42-32-20-29-30(40(54)50(39(29)53)34-3-4-37(51)46-38(34)52)21-36(32)55-16-15-47-11-8-26(9-12-47)56-27-18-25(19-27)48-13-6-23(7-14-48)24-1-2-28-31-22-45-10-5-33(31)49(41(43)44)35(28)17-24/h1-2,5,10,17,20-23,25-27,34,41H,3-4,6-9,11-16,18-19H2,(H,46,51,52). The molecule has 6 heterocycles. The molecule has 3 saturated heterocycles. The fourth-order valence-corrected chi connectivity index (χ4v) is 9.33. The zero-order valence-corrected chi connectivity index (χ0v) is 30.8. The van der Waals surface area contributed by atoms with Gasteiger partial charge >= 0.3 is 6.55 Å². The molecule has 2 aromatic heterocycles. The number of hydrogen-bond acceptors (Lipinski definition) is 9. The van der Waals surface area contributed by atoms with Crippen molar-refractivity contribution in [3.8, 4) is 5.75 Å². The molecular weight excluding hydrogens is 729 g/mol. The van der Waals surface area contributed by atoms with Gasteiger partial charge in [-0.2, -0.15) is 8.78 Å². The summed E-state index contributed by atoms with van der Waals surface area (Å²) in [6.07, 6.45) is 9.45. The number of likely N-dealkylation sites (tertiary alicyclic amines) is 2. The van der Waals surface area contributed by atoms with Crippen LogP contribution in [0.3, 0.4) is 0 Å². The minimum atomic E-state index is -2.63. The average Bonchev–Trinajstić information content (AvgIpc) is 3.63. The van der Waals surface area contributed by atoms with Crippen LogP contribution in [0, 0.1) is 5.82 Å². The number of piperidine rings is 3. The first kappa shape index (κ1) is 36.8. The number of fused-ring (bicyclic) bond motifs is 4. The zero-order chi connectivity index (χ0) is 38.7. The molecular formula is C41H43F3N6O6. The second-order valence-corrected chi connectivity index (χ2v) is 15.7. The summed E-state index contributed by atoms with van der Waals surface area (Å²) in [5.74, 6) is -3.23. The summed E-state index contributed by atoms with van der Waals surface area (Å²) >= 11 is 0. The average molecular weight is 773 g/mol. The Bertz CT molecular complexity index is 2210. The number of alkyl halides is 2. The van der Waals surface area contributed by atoms with Gasteiger partial charge < -0.3 is 14.4 Å². The Morgan fingerprint density at radius 3 is 2.32 bits per heavy atom. The van der Waals surface area contributed by atoms with E-state index in [4.69, 9.17) is 9.47 Å². The highest BCUT2D eigenvalue weighted by atomic mass is 19.3. The number of ether oxygens (including phenoxy) is 2. The lowest BCUT2D eigenvalue weighted by atomic mass is 9.83. The van der Waals surface area contributed by atoms with Crippen molar-refractivity contribution in [3.05, 3.63) is 71.3 Å². The van der Waals surface area contributed by atoms with Crippen LogP contribution in [0.25, 0.3) is 21.8 Å². The van der Waals surface area contributed by atoms with Crippen molar-refractivity contribution in [1.82, 2.24) is 29.6 Å². The Kier molecular flexibility index (Phi) is 9.78. The molecule has 0 spiro atoms. The predicted molar refractivity (Wildman–Crippen MR) is 198 cm³/mol. The second kappa shape index (κ2) is 14.9. The first-order valence-electron chi connectivity index (χ1n) is 19.6. The van der Waals surface area contributed by atoms with Crippen molar-refractivity contribution in [2.45, 2.75) is 88.1 Å². The van der Waals surface area contributed by atoms with Crippen LogP contribution in [0.5, 0.6) is 5.75 Å². The number of imide groups is 2. The van der Waals surface area contributed by atoms with Gasteiger partial charge in [-0.1, -0.05) is 12.1 Å². The van der Waals surface area contributed by atoms with Gasteiger partial charge in [0.05, 0.1) is 34.4 Å². The molecule has 4 aromatic rings. The molecule has 56 heavy (non-hydrogen) atoms. The molecule has 0 radical (unpaired) electrons. The van der Waals surface area contributed by atoms with E-state index in [1.165, 1.54) is 6.07 Å². The molecule has 1 unspecified atom stereocenters. The van der Waals surface area contributed by atoms with E-state index in [1.807, 2.05) is 12.1 Å². The SMILES string of the molecule is O=C1CCC(N2C(=O)c3cc(F)c(OCCN4CCC(OC5CC(N6CCC(c7ccc8c9cnccc9n(C(F)F)c8c7)CC6)C5)CC4)cc3C2=O)C(=O)N1. The van der Waals surface area contributed by atoms with Crippen molar-refractivity contribution in [2.24, 2.45) is 0 Å². The summed E-state index contributed by atoms with van der Waals surface area (Å²) in [7, 11) is 0. The number of carbonyl (C=O) groups excluding carboxylic acids is 4. The van der Waals surface area contributed by atoms with Crippen molar-refractivity contribution < 1.29 is 41.8 Å². The minimum absolute atomic E-state index is 0.000948. The maximum absolute atomic E-state index is 15.0. The Balaban J connectivity index is 0.701. The van der Waals surface area contributed by atoms with Gasteiger partial charge in [0.1, 0.15) is 12.6 Å². The van der Waals surface area contributed by atoms with Crippen LogP contribution in [0.1, 0.15) is 90.1 Å². The monoisotopic (exact) mass is 772 g/mol. The highest BCUT2D eigenvalue weighted by Gasteiger charge is 2.45. The minimum Gasteiger partial charge on any atom is -0.489 e. The van der Waals surface area contributed by atoms with E-state index >= 15 is 0 Å². The fraction of sp³-hybridized carbons (Fsp3) is 0.488. The number of pyridine rings is 1. The van der Waals surface area contributed by atoms with E-state index in [1.54, 1.807) is 18.5 Å². The topological polar surface area (TPSA) is 126 Å². The smallest absolute Gasteiger partial charge is 0.319 e. The summed E-state index contributed by atoms with van der Waals surface area (Å²) in [4.78, 5) is 59.7. The lowest BCUT2D eigenvalue weighted by molar-refractivity contribution is -0.136. The number of aromatic nitrogens is 2. The Labute approximate surface area is 320 Å². The van der Waals surface area contributed by atoms with E-state index < -0.39 is 42.0 Å². The number of halogens is 3. The lowest BCUT2D eigenvalue weighted by Gasteiger charge is -2.47. The van der Waals surface area contributed by atoms with Gasteiger partial charge in [-0.25, -0.2) is 4.39 Å². The number of carbonyl (C=O) groups is 4. The molecule has 294 valence electrons. The van der Waals surface area contributed by atoms with Gasteiger partial charge in [0.25, 0.3) is 11.8 Å². The molecule has 15 heteroatoms. The van der Waals surface area contributed by atoms with Crippen LogP contribution >= 0.6 is 0 Å². The summed E-state index contributed by atoms with van der Waals surface area (Å²) in [5.41, 5.74) is 2.03. The van der Waals surface area contributed by atoms with E-state index in [9.17, 15) is 32.3 Å². The number of hydrogen-bond donors (Lipinski definition) is 1. The Hall–Kier alpha value is -4.86. The molecule has 4 amide bonds. The van der Waals surface area contributed by atoms with E-state index in [0.717, 1.165) is 96.6 Å². The van der Waals surface area contributed by atoms with Gasteiger partial charge in [-0.3, -0.25) is 43.8 Å². The van der Waals surface area contributed by atoms with Gasteiger partial charge in [-0.15, -0.1) is 0 Å². The number of nitrogens with zero attached hydrogens (tertiary/aromatic N) is 5. The lowest BCUT2D eigenvalue weighted by Crippen LogP contribution is -2.54. The van der Waals surface area contributed by atoms with Crippen LogP contribution in [0.2, 0.25) is 0 Å². The molecule has 5 aliphatic rings. The van der Waals surface area contributed by atoms with Crippen molar-refractivity contribution in [1.29, 1.82) is 0 Å². The maximum atomic E-state index is 15.0. The third-order valence-corrected chi connectivity index (χ3v) is 12.5. The third kappa shape index (κ3) is 6.72. The summed E-state index contributed by atoms with van der Waals surface area (Å²) in [5, 5.41) is 3.70. The molecule has 1 aliphatic carbocycles. The summed E-state index contributed by atoms with van der Waals surface area (Å²) < 4.78 is 56.6. The molecule has 12 nitrogen and oxygen atoms in total. The number of benzene rings is 2. The van der Waals surface area contributed by atoms with E-state index in [0.29, 0.717) is 29.5 Å². The van der Waals surface area contributed by atoms with Gasteiger partial charge in [0.2, 0.25) is 11.8 Å². The number of nitrogens with one attached hydrogen (secondary N) is 1. The molecule has 1 saturated carbocycles. The van der Waals surface area contributed by atoms with Gasteiger partial charge in [-0.05, 0) is 93.8 Å². The normalized spacial score (nSPS) is 24.4. The Morgan fingerprint density at radius 2 is 1.59 bits per heavy atom. The highest BCUT2D eigenvalue weighted by molar-refractivity contribution is 6.23. The largest absolute Gasteiger partial charge is 0.489 e. The summed E-state index contributed by atoms with van der Waals surface area (Å²) in [6.45, 7) is 1.71. The number of amides is 4. The zero-order valence-electron chi connectivity index (χ0n) is 30.8. The molecule has 2 aromatic carbocycles. The van der Waals surface area contributed by atoms with Crippen molar-refractivity contribution >= 4 is 45.4 Å². The Morgan fingerprint density at radius 1 is 0.839 bits per heavy atom. The third-order valence-electron chi connectivity index (χ3n) is 12.5. The molecule has 1 atom stereocenters. The van der Waals surface area contributed by atoms with Crippen molar-refractivity contribution in [3.63, 3.8) is 0 Å². The predicted octanol–water partition coefficient (Wildman–Crippen LogP) is 5.40. The molecule has 0 bridgehead atoms. The van der Waals surface area contributed by atoms with E-state index in [2.05, 4.69) is 26.2 Å². The molecule has 4 fully saturated rings. The quantitative estimate of drug-likeness (QED) is 0.211. The molecule has 9 rings (SSSR count). The van der Waals surface area contributed by atoms with Crippen LogP contribution in [0.4, 0.5) is 13.2 Å². The molecule has 1 N–H and O–H groups in total. The second-order valence-electron chi connectivity index (χ2n) is 15.7. The van der Waals surface area contributed by atoms with Gasteiger partial charge in [0.15, 0.2) is 11.6 Å². The molecule has 4 aliphatic heterocycles. The van der Waals surface area contributed by atoms with Gasteiger partial charge in [0, 0.05) is 55.3 Å². The first-order valence-corrected chi connectivity index (χ1v) is 19.6. The fourth-order valence-electron chi connectivity index (χ4n) is 9.33. The maximum Gasteiger partial charge on any atom is 0.319 e. The van der Waals surface area contributed by atoms with E-state index in [-0.39, 0.29) is 48.5 Å². The number of rotatable bonds is 10. The highest BCUT2D eigenvalue weighted by Crippen LogP contribution is 2.39. The van der Waals surface area contributed by atoms with Crippen molar-refractivity contribution in [2.75, 3.05) is 39.3 Å². The van der Waals surface area contributed by atoms with Crippen LogP contribution in [-0.4, -0.2) is 112 Å². The van der Waals surface area contributed by atoms with Crippen LogP contribution in [-0.2, 0) is 14.3 Å². The first-order chi connectivity index (χ1) is 27.1. The summed E-state index contributed by atoms with van der Waals surface area (Å²) in [6, 6.07) is 9.26. The van der Waals surface area contributed by atoms with Crippen LogP contribution < -0.4 is 10.1 Å².